The molecule has 5 nitrogen and oxygen atoms in total. The van der Waals surface area contributed by atoms with E-state index < -0.39 is 23.0 Å². The van der Waals surface area contributed by atoms with E-state index >= 15 is 0 Å². The van der Waals surface area contributed by atoms with E-state index in [1.165, 1.54) is 0 Å². The van der Waals surface area contributed by atoms with E-state index in [1.807, 2.05) is 0 Å². The Bertz CT molecular complexity index is 550. The Morgan fingerprint density at radius 1 is 1.47 bits per heavy atom. The van der Waals surface area contributed by atoms with Crippen LogP contribution in [0.2, 0.25) is 0 Å². The monoisotopic (exact) mass is 333 g/mol. The second-order valence-electron chi connectivity index (χ2n) is 4.27. The largest absolute Gasteiger partial charge is 0.409 e. The third-order valence-corrected chi connectivity index (χ3v) is 3.65. The third kappa shape index (κ3) is 2.40. The standard InChI is InChI=1S/C11H10BrF2N3O2/c12-6-3-5(13)4-7(14)8(6)16-10(18)11(1-2-11)9(15)17-19/h3-4,19H,1-2H2,(H2,15,17)(H,16,18). The summed E-state index contributed by atoms with van der Waals surface area (Å²) >= 11 is 2.96. The van der Waals surface area contributed by atoms with Gasteiger partial charge in [0.25, 0.3) is 0 Å². The number of hydrogen-bond donors (Lipinski definition) is 3. The molecule has 1 aliphatic rings. The van der Waals surface area contributed by atoms with Gasteiger partial charge >= 0.3 is 0 Å². The Labute approximate surface area is 115 Å². The molecule has 1 aromatic rings. The Balaban J connectivity index is 2.26. The van der Waals surface area contributed by atoms with Crippen LogP contribution in [0, 0.1) is 17.0 Å². The van der Waals surface area contributed by atoms with Gasteiger partial charge < -0.3 is 16.3 Å². The van der Waals surface area contributed by atoms with Gasteiger partial charge in [-0.3, -0.25) is 4.79 Å². The number of nitrogens with zero attached hydrogens (tertiary/aromatic N) is 1. The van der Waals surface area contributed by atoms with Gasteiger partial charge in [-0.25, -0.2) is 8.78 Å². The molecule has 1 amide bonds. The summed E-state index contributed by atoms with van der Waals surface area (Å²) in [6, 6.07) is 1.69. The smallest absolute Gasteiger partial charge is 0.238 e. The van der Waals surface area contributed by atoms with Gasteiger partial charge in [-0.2, -0.15) is 0 Å². The molecule has 0 unspecified atom stereocenters. The van der Waals surface area contributed by atoms with E-state index in [0.29, 0.717) is 18.9 Å². The maximum atomic E-state index is 13.6. The summed E-state index contributed by atoms with van der Waals surface area (Å²) in [5.41, 5.74) is 4.16. The van der Waals surface area contributed by atoms with Gasteiger partial charge in [0.05, 0.1) is 5.69 Å². The second-order valence-corrected chi connectivity index (χ2v) is 5.12. The Morgan fingerprint density at radius 3 is 2.58 bits per heavy atom. The van der Waals surface area contributed by atoms with Crippen molar-refractivity contribution in [1.82, 2.24) is 0 Å². The fraction of sp³-hybridized carbons (Fsp3) is 0.273. The van der Waals surface area contributed by atoms with Crippen molar-refractivity contribution in [2.45, 2.75) is 12.8 Å². The van der Waals surface area contributed by atoms with Crippen LogP contribution in [0.15, 0.2) is 21.8 Å². The highest BCUT2D eigenvalue weighted by Gasteiger charge is 2.54. The molecule has 0 aromatic heterocycles. The second kappa shape index (κ2) is 4.76. The number of nitrogens with one attached hydrogen (secondary N) is 1. The molecule has 1 aromatic carbocycles. The van der Waals surface area contributed by atoms with Crippen molar-refractivity contribution in [3.05, 3.63) is 28.2 Å². The number of carbonyl (C=O) groups is 1. The molecular formula is C11H10BrF2N3O2. The highest BCUT2D eigenvalue weighted by molar-refractivity contribution is 9.10. The molecular weight excluding hydrogens is 324 g/mol. The number of anilines is 1. The maximum absolute atomic E-state index is 13.6. The first-order valence-electron chi connectivity index (χ1n) is 5.35. The van der Waals surface area contributed by atoms with E-state index in [-0.39, 0.29) is 16.0 Å². The van der Waals surface area contributed by atoms with Crippen LogP contribution in [0.1, 0.15) is 12.8 Å². The molecule has 1 aliphatic carbocycles. The Kier molecular flexibility index (Phi) is 3.44. The average molecular weight is 334 g/mol. The summed E-state index contributed by atoms with van der Waals surface area (Å²) in [5.74, 6) is -2.48. The van der Waals surface area contributed by atoms with Gasteiger partial charge in [-0.05, 0) is 34.8 Å². The van der Waals surface area contributed by atoms with E-state index in [4.69, 9.17) is 10.9 Å². The molecule has 0 saturated heterocycles. The first kappa shape index (κ1) is 13.7. The highest BCUT2D eigenvalue weighted by atomic mass is 79.9. The van der Waals surface area contributed by atoms with Gasteiger partial charge in [0.15, 0.2) is 11.7 Å². The number of oxime groups is 1. The van der Waals surface area contributed by atoms with E-state index in [0.717, 1.165) is 6.07 Å². The van der Waals surface area contributed by atoms with Gasteiger partial charge in [-0.15, -0.1) is 0 Å². The summed E-state index contributed by atoms with van der Waals surface area (Å²) in [7, 11) is 0. The molecule has 19 heavy (non-hydrogen) atoms. The van der Waals surface area contributed by atoms with Crippen molar-refractivity contribution in [2.24, 2.45) is 16.3 Å². The zero-order valence-electron chi connectivity index (χ0n) is 9.58. The van der Waals surface area contributed by atoms with Crippen LogP contribution in [0.3, 0.4) is 0 Å². The lowest BCUT2D eigenvalue weighted by Crippen LogP contribution is -2.36. The SMILES string of the molecule is NC(=NO)C1(C(=O)Nc2c(F)cc(F)cc2Br)CC1. The zero-order valence-corrected chi connectivity index (χ0v) is 11.2. The molecule has 1 fully saturated rings. The molecule has 0 radical (unpaired) electrons. The molecule has 102 valence electrons. The molecule has 0 bridgehead atoms. The number of carbonyl (C=O) groups excluding carboxylic acids is 1. The lowest BCUT2D eigenvalue weighted by Gasteiger charge is -2.15. The predicted molar refractivity (Wildman–Crippen MR) is 67.8 cm³/mol. The van der Waals surface area contributed by atoms with Crippen LogP contribution in [-0.4, -0.2) is 17.0 Å². The molecule has 1 saturated carbocycles. The number of amidine groups is 1. The van der Waals surface area contributed by atoms with Crippen molar-refractivity contribution in [2.75, 3.05) is 5.32 Å². The molecule has 0 heterocycles. The third-order valence-electron chi connectivity index (χ3n) is 3.03. The van der Waals surface area contributed by atoms with Crippen molar-refractivity contribution >= 4 is 33.4 Å². The number of halogens is 3. The fourth-order valence-electron chi connectivity index (χ4n) is 1.72. The van der Waals surface area contributed by atoms with Crippen molar-refractivity contribution in [3.63, 3.8) is 0 Å². The van der Waals surface area contributed by atoms with Crippen molar-refractivity contribution in [3.8, 4) is 0 Å². The van der Waals surface area contributed by atoms with Crippen LogP contribution < -0.4 is 11.1 Å². The minimum atomic E-state index is -1.10. The minimum Gasteiger partial charge on any atom is -0.409 e. The molecule has 0 aliphatic heterocycles. The topological polar surface area (TPSA) is 87.7 Å². The first-order valence-corrected chi connectivity index (χ1v) is 6.14. The van der Waals surface area contributed by atoms with Gasteiger partial charge in [0.2, 0.25) is 5.91 Å². The number of hydrogen-bond acceptors (Lipinski definition) is 3. The lowest BCUT2D eigenvalue weighted by atomic mass is 10.1. The predicted octanol–water partition coefficient (Wildman–Crippen LogP) is 2.19. The fourth-order valence-corrected chi connectivity index (χ4v) is 2.22. The highest BCUT2D eigenvalue weighted by Crippen LogP contribution is 2.47. The van der Waals surface area contributed by atoms with E-state index in [1.54, 1.807) is 0 Å². The van der Waals surface area contributed by atoms with Gasteiger partial charge in [0, 0.05) is 10.5 Å². The molecule has 8 heteroatoms. The number of amides is 1. The summed E-state index contributed by atoms with van der Waals surface area (Å²) in [6.07, 6.45) is 0.824. The van der Waals surface area contributed by atoms with Crippen molar-refractivity contribution in [1.29, 1.82) is 0 Å². The molecule has 0 atom stereocenters. The van der Waals surface area contributed by atoms with Gasteiger partial charge in [-0.1, -0.05) is 5.16 Å². The number of nitrogens with two attached hydrogens (primary N) is 1. The lowest BCUT2D eigenvalue weighted by molar-refractivity contribution is -0.119. The Morgan fingerprint density at radius 2 is 2.11 bits per heavy atom. The summed E-state index contributed by atoms with van der Waals surface area (Å²) in [6.45, 7) is 0. The van der Waals surface area contributed by atoms with Crippen LogP contribution in [0.5, 0.6) is 0 Å². The number of rotatable bonds is 3. The van der Waals surface area contributed by atoms with Crippen LogP contribution >= 0.6 is 15.9 Å². The summed E-state index contributed by atoms with van der Waals surface area (Å²) in [4.78, 5) is 12.0. The van der Waals surface area contributed by atoms with Crippen molar-refractivity contribution < 1.29 is 18.8 Å². The molecule has 4 N–H and O–H groups in total. The minimum absolute atomic E-state index is 0.0775. The van der Waals surface area contributed by atoms with Crippen LogP contribution in [-0.2, 0) is 4.79 Å². The van der Waals surface area contributed by atoms with Crippen LogP contribution in [0.4, 0.5) is 14.5 Å². The summed E-state index contributed by atoms with van der Waals surface area (Å²) in [5, 5.41) is 13.8. The van der Waals surface area contributed by atoms with E-state index in [9.17, 15) is 13.6 Å². The quantitative estimate of drug-likeness (QED) is 0.343. The first-order chi connectivity index (χ1) is 8.90. The zero-order chi connectivity index (χ0) is 14.2. The Hall–Kier alpha value is -1.70. The summed E-state index contributed by atoms with van der Waals surface area (Å²) < 4.78 is 26.6. The maximum Gasteiger partial charge on any atom is 0.238 e. The van der Waals surface area contributed by atoms with Gasteiger partial charge in [0.1, 0.15) is 11.2 Å². The molecule has 0 spiro atoms. The molecule has 2 rings (SSSR count). The van der Waals surface area contributed by atoms with Crippen LogP contribution in [0.25, 0.3) is 0 Å². The number of benzene rings is 1. The average Bonchev–Trinajstić information content (AvgIpc) is 3.13. The normalized spacial score (nSPS) is 17.1. The van der Waals surface area contributed by atoms with E-state index in [2.05, 4.69) is 26.4 Å².